The summed E-state index contributed by atoms with van der Waals surface area (Å²) in [5.74, 6) is 0.235. The van der Waals surface area contributed by atoms with Gasteiger partial charge in [0.25, 0.3) is 0 Å². The van der Waals surface area contributed by atoms with Gasteiger partial charge in [-0.3, -0.25) is 4.98 Å². The lowest BCUT2D eigenvalue weighted by atomic mass is 10.0. The summed E-state index contributed by atoms with van der Waals surface area (Å²) in [4.78, 5) is 21.6. The highest BCUT2D eigenvalue weighted by molar-refractivity contribution is 7.11. The number of aryl methyl sites for hydroxylation is 1. The van der Waals surface area contributed by atoms with Gasteiger partial charge in [0.05, 0.1) is 5.54 Å². The maximum Gasteiger partial charge on any atom is 0.315 e. The fourth-order valence-corrected chi connectivity index (χ4v) is 2.90. The van der Waals surface area contributed by atoms with E-state index in [1.165, 1.54) is 0 Å². The number of hydrogen-bond acceptors (Lipinski definition) is 4. The van der Waals surface area contributed by atoms with Gasteiger partial charge < -0.3 is 10.6 Å². The van der Waals surface area contributed by atoms with E-state index in [9.17, 15) is 4.79 Å². The number of nitrogens with one attached hydrogen (secondary N) is 2. The van der Waals surface area contributed by atoms with Crippen molar-refractivity contribution in [3.63, 3.8) is 0 Å². The Labute approximate surface area is 135 Å². The van der Waals surface area contributed by atoms with E-state index in [0.717, 1.165) is 15.4 Å². The Morgan fingerprint density at radius 2 is 2.05 bits per heavy atom. The van der Waals surface area contributed by atoms with Crippen molar-refractivity contribution in [2.75, 3.05) is 6.54 Å². The number of pyridine rings is 1. The van der Waals surface area contributed by atoms with Crippen LogP contribution in [0.2, 0.25) is 0 Å². The Kier molecular flexibility index (Phi) is 5.13. The maximum absolute atomic E-state index is 12.1. The molecular formula is C16H22N4OS. The zero-order chi connectivity index (χ0) is 16.2. The van der Waals surface area contributed by atoms with Crippen LogP contribution in [0, 0.1) is 6.92 Å². The summed E-state index contributed by atoms with van der Waals surface area (Å²) in [6.07, 6.45) is 5.35. The molecule has 0 bridgehead atoms. The molecule has 22 heavy (non-hydrogen) atoms. The SMILES string of the molecule is Cc1cnc(C(C)(C)NC(=O)NCC(C)c2ccncc2)s1. The van der Waals surface area contributed by atoms with Crippen molar-refractivity contribution in [1.82, 2.24) is 20.6 Å². The van der Waals surface area contributed by atoms with Gasteiger partial charge in [0.1, 0.15) is 5.01 Å². The zero-order valence-corrected chi connectivity index (χ0v) is 14.2. The van der Waals surface area contributed by atoms with E-state index < -0.39 is 5.54 Å². The van der Waals surface area contributed by atoms with Crippen molar-refractivity contribution in [3.05, 3.63) is 46.2 Å². The summed E-state index contributed by atoms with van der Waals surface area (Å²) >= 11 is 1.60. The van der Waals surface area contributed by atoms with Crippen LogP contribution in [0.4, 0.5) is 4.79 Å². The van der Waals surface area contributed by atoms with Gasteiger partial charge in [-0.15, -0.1) is 11.3 Å². The predicted molar refractivity (Wildman–Crippen MR) is 89.1 cm³/mol. The summed E-state index contributed by atoms with van der Waals surface area (Å²) in [6, 6.07) is 3.75. The van der Waals surface area contributed by atoms with E-state index in [1.54, 1.807) is 23.7 Å². The molecule has 2 rings (SSSR count). The second-order valence-electron chi connectivity index (χ2n) is 5.92. The molecule has 0 aliphatic rings. The highest BCUT2D eigenvalue weighted by Gasteiger charge is 2.26. The molecule has 2 heterocycles. The first-order chi connectivity index (χ1) is 10.4. The molecule has 0 spiro atoms. The summed E-state index contributed by atoms with van der Waals surface area (Å²) in [7, 11) is 0. The van der Waals surface area contributed by atoms with Crippen LogP contribution < -0.4 is 10.6 Å². The van der Waals surface area contributed by atoms with E-state index in [4.69, 9.17) is 0 Å². The smallest absolute Gasteiger partial charge is 0.315 e. The molecule has 5 nitrogen and oxygen atoms in total. The van der Waals surface area contributed by atoms with Gasteiger partial charge in [-0.05, 0) is 44.4 Å². The van der Waals surface area contributed by atoms with Crippen LogP contribution in [0.3, 0.4) is 0 Å². The standard InChI is InChI=1S/C16H22N4OS/c1-11(13-5-7-17-8-6-13)9-19-15(21)20-16(3,4)14-18-10-12(2)22-14/h5-8,10-11H,9H2,1-4H3,(H2,19,20,21). The summed E-state index contributed by atoms with van der Waals surface area (Å²) in [6.45, 7) is 8.57. The van der Waals surface area contributed by atoms with E-state index >= 15 is 0 Å². The number of rotatable bonds is 5. The van der Waals surface area contributed by atoms with Crippen LogP contribution in [0.15, 0.2) is 30.7 Å². The molecule has 1 atom stereocenters. The van der Waals surface area contributed by atoms with E-state index in [2.05, 4.69) is 27.5 Å². The van der Waals surface area contributed by atoms with Crippen LogP contribution in [0.1, 0.15) is 42.1 Å². The van der Waals surface area contributed by atoms with Gasteiger partial charge in [-0.1, -0.05) is 6.92 Å². The zero-order valence-electron chi connectivity index (χ0n) is 13.4. The summed E-state index contributed by atoms with van der Waals surface area (Å²) in [5, 5.41) is 6.80. The molecule has 0 radical (unpaired) electrons. The monoisotopic (exact) mass is 318 g/mol. The molecule has 0 saturated heterocycles. The maximum atomic E-state index is 12.1. The average Bonchev–Trinajstić information content (AvgIpc) is 2.93. The number of carbonyl (C=O) groups excluding carboxylic acids is 1. The van der Waals surface area contributed by atoms with Gasteiger partial charge in [-0.25, -0.2) is 9.78 Å². The van der Waals surface area contributed by atoms with Crippen molar-refractivity contribution < 1.29 is 4.79 Å². The van der Waals surface area contributed by atoms with Gasteiger partial charge in [0.2, 0.25) is 0 Å². The van der Waals surface area contributed by atoms with Crippen molar-refractivity contribution >= 4 is 17.4 Å². The Morgan fingerprint density at radius 3 is 2.64 bits per heavy atom. The minimum absolute atomic E-state index is 0.182. The lowest BCUT2D eigenvalue weighted by Gasteiger charge is -2.24. The van der Waals surface area contributed by atoms with Crippen molar-refractivity contribution in [2.24, 2.45) is 0 Å². The molecule has 0 saturated carbocycles. The minimum atomic E-state index is -0.483. The number of aromatic nitrogens is 2. The predicted octanol–water partition coefficient (Wildman–Crippen LogP) is 3.18. The molecule has 1 unspecified atom stereocenters. The third kappa shape index (κ3) is 4.27. The van der Waals surface area contributed by atoms with Gasteiger partial charge in [0, 0.05) is 30.0 Å². The molecule has 6 heteroatoms. The van der Waals surface area contributed by atoms with Crippen LogP contribution in [-0.2, 0) is 5.54 Å². The highest BCUT2D eigenvalue weighted by atomic mass is 32.1. The number of thiazole rings is 1. The van der Waals surface area contributed by atoms with Crippen LogP contribution in [0.25, 0.3) is 0 Å². The Morgan fingerprint density at radius 1 is 1.36 bits per heavy atom. The number of amides is 2. The summed E-state index contributed by atoms with van der Waals surface area (Å²) in [5.41, 5.74) is 0.674. The normalized spacial score (nSPS) is 12.7. The number of urea groups is 1. The Bertz CT molecular complexity index is 624. The lowest BCUT2D eigenvalue weighted by Crippen LogP contribution is -2.47. The first-order valence-electron chi connectivity index (χ1n) is 7.27. The van der Waals surface area contributed by atoms with Gasteiger partial charge in [-0.2, -0.15) is 0 Å². The molecular weight excluding hydrogens is 296 g/mol. The van der Waals surface area contributed by atoms with E-state index in [0.29, 0.717) is 6.54 Å². The second kappa shape index (κ2) is 6.87. The first-order valence-corrected chi connectivity index (χ1v) is 8.09. The molecule has 0 aliphatic heterocycles. The van der Waals surface area contributed by atoms with Crippen molar-refractivity contribution in [2.45, 2.75) is 39.2 Å². The molecule has 118 valence electrons. The fraction of sp³-hybridized carbons (Fsp3) is 0.438. The highest BCUT2D eigenvalue weighted by Crippen LogP contribution is 2.24. The molecule has 2 aromatic rings. The fourth-order valence-electron chi connectivity index (χ4n) is 2.08. The Balaban J connectivity index is 1.88. The minimum Gasteiger partial charge on any atom is -0.338 e. The van der Waals surface area contributed by atoms with Gasteiger partial charge in [0.15, 0.2) is 0 Å². The van der Waals surface area contributed by atoms with Crippen molar-refractivity contribution in [1.29, 1.82) is 0 Å². The molecule has 2 N–H and O–H groups in total. The van der Waals surface area contributed by atoms with Crippen LogP contribution in [-0.4, -0.2) is 22.5 Å². The third-order valence-electron chi connectivity index (χ3n) is 3.43. The number of nitrogens with zero attached hydrogens (tertiary/aromatic N) is 2. The number of carbonyl (C=O) groups is 1. The topological polar surface area (TPSA) is 66.9 Å². The quantitative estimate of drug-likeness (QED) is 0.889. The molecule has 0 aliphatic carbocycles. The van der Waals surface area contributed by atoms with E-state index in [1.807, 2.05) is 39.1 Å². The summed E-state index contributed by atoms with van der Waals surface area (Å²) < 4.78 is 0. The molecule has 0 fully saturated rings. The molecule has 2 aromatic heterocycles. The van der Waals surface area contributed by atoms with E-state index in [-0.39, 0.29) is 11.9 Å². The van der Waals surface area contributed by atoms with Crippen LogP contribution in [0.5, 0.6) is 0 Å². The lowest BCUT2D eigenvalue weighted by molar-refractivity contribution is 0.229. The molecule has 2 amide bonds. The van der Waals surface area contributed by atoms with Crippen LogP contribution >= 0.6 is 11.3 Å². The molecule has 0 aromatic carbocycles. The Hall–Kier alpha value is -1.95. The first kappa shape index (κ1) is 16.4. The largest absolute Gasteiger partial charge is 0.338 e. The second-order valence-corrected chi connectivity index (χ2v) is 7.15. The number of hydrogen-bond donors (Lipinski definition) is 2. The third-order valence-corrected chi connectivity index (χ3v) is 4.66. The van der Waals surface area contributed by atoms with Gasteiger partial charge >= 0.3 is 6.03 Å². The van der Waals surface area contributed by atoms with Crippen molar-refractivity contribution in [3.8, 4) is 0 Å². The average molecular weight is 318 g/mol.